The molecule has 0 atom stereocenters. The van der Waals surface area contributed by atoms with E-state index in [0.717, 1.165) is 18.4 Å². The molecule has 1 aromatic carbocycles. The highest BCUT2D eigenvalue weighted by molar-refractivity contribution is 6.02. The third kappa shape index (κ3) is 2.78. The van der Waals surface area contributed by atoms with Crippen molar-refractivity contribution in [2.45, 2.75) is 32.6 Å². The summed E-state index contributed by atoms with van der Waals surface area (Å²) in [6, 6.07) is 8.11. The van der Waals surface area contributed by atoms with Crippen LogP contribution in [-0.4, -0.2) is 23.5 Å². The predicted molar refractivity (Wildman–Crippen MR) is 71.8 cm³/mol. The van der Waals surface area contributed by atoms with Crippen LogP contribution in [0.5, 0.6) is 0 Å². The molecule has 4 nitrogen and oxygen atoms in total. The quantitative estimate of drug-likeness (QED) is 0.796. The van der Waals surface area contributed by atoms with Gasteiger partial charge in [0.25, 0.3) is 0 Å². The van der Waals surface area contributed by atoms with Gasteiger partial charge in [-0.15, -0.1) is 0 Å². The summed E-state index contributed by atoms with van der Waals surface area (Å²) >= 11 is 0. The van der Waals surface area contributed by atoms with Gasteiger partial charge < -0.3 is 10.4 Å². The second-order valence-electron chi connectivity index (χ2n) is 5.23. The van der Waals surface area contributed by atoms with Crippen LogP contribution in [0.4, 0.5) is 0 Å². The third-order valence-electron chi connectivity index (χ3n) is 3.87. The van der Waals surface area contributed by atoms with Crippen molar-refractivity contribution in [3.63, 3.8) is 0 Å². The first-order valence-corrected chi connectivity index (χ1v) is 6.62. The van der Waals surface area contributed by atoms with Crippen molar-refractivity contribution in [2.75, 3.05) is 6.54 Å². The molecular formula is C15H19NO3. The van der Waals surface area contributed by atoms with Crippen molar-refractivity contribution in [3.8, 4) is 0 Å². The van der Waals surface area contributed by atoms with E-state index in [1.807, 2.05) is 31.2 Å². The topological polar surface area (TPSA) is 66.4 Å². The van der Waals surface area contributed by atoms with E-state index in [4.69, 9.17) is 5.11 Å². The molecule has 2 rings (SSSR count). The number of aryl methyl sites for hydroxylation is 1. The number of rotatable bonds is 5. The smallest absolute Gasteiger partial charge is 0.319 e. The van der Waals surface area contributed by atoms with Crippen molar-refractivity contribution in [3.05, 3.63) is 35.4 Å². The number of carboxylic acids is 1. The first kappa shape index (κ1) is 13.6. The number of benzene rings is 1. The molecule has 19 heavy (non-hydrogen) atoms. The fourth-order valence-electron chi connectivity index (χ4n) is 2.31. The molecule has 1 fully saturated rings. The second-order valence-corrected chi connectivity index (χ2v) is 5.23. The summed E-state index contributed by atoms with van der Waals surface area (Å²) in [6.07, 6.45) is 2.46. The average Bonchev–Trinajstić information content (AvgIpc) is 2.29. The Balaban J connectivity index is 1.84. The molecule has 1 aliphatic carbocycles. The van der Waals surface area contributed by atoms with Crippen LogP contribution in [0, 0.1) is 12.3 Å². The van der Waals surface area contributed by atoms with Gasteiger partial charge in [-0.2, -0.15) is 0 Å². The summed E-state index contributed by atoms with van der Waals surface area (Å²) < 4.78 is 0. The van der Waals surface area contributed by atoms with E-state index in [-0.39, 0.29) is 5.91 Å². The van der Waals surface area contributed by atoms with Crippen molar-refractivity contribution in [1.82, 2.24) is 5.32 Å². The van der Waals surface area contributed by atoms with Gasteiger partial charge in [0.15, 0.2) is 0 Å². The normalized spacial score (nSPS) is 16.5. The van der Waals surface area contributed by atoms with E-state index in [2.05, 4.69) is 5.32 Å². The van der Waals surface area contributed by atoms with E-state index in [0.29, 0.717) is 19.4 Å². The van der Waals surface area contributed by atoms with Crippen LogP contribution in [0.2, 0.25) is 0 Å². The maximum absolute atomic E-state index is 11.9. The molecule has 0 bridgehead atoms. The maximum atomic E-state index is 11.9. The SMILES string of the molecule is Cc1ccc(CCNC(=O)C2(C(=O)O)CCC2)cc1. The molecule has 102 valence electrons. The molecule has 4 heteroatoms. The van der Waals surface area contributed by atoms with Gasteiger partial charge in [-0.05, 0) is 31.7 Å². The lowest BCUT2D eigenvalue weighted by Gasteiger charge is -2.35. The van der Waals surface area contributed by atoms with E-state index in [9.17, 15) is 9.59 Å². The molecule has 0 saturated heterocycles. The lowest BCUT2D eigenvalue weighted by Crippen LogP contribution is -2.51. The van der Waals surface area contributed by atoms with Gasteiger partial charge in [0.1, 0.15) is 5.41 Å². The van der Waals surface area contributed by atoms with E-state index < -0.39 is 11.4 Å². The minimum Gasteiger partial charge on any atom is -0.480 e. The van der Waals surface area contributed by atoms with Gasteiger partial charge in [-0.1, -0.05) is 36.2 Å². The Morgan fingerprint density at radius 2 is 1.89 bits per heavy atom. The molecule has 0 spiro atoms. The molecular weight excluding hydrogens is 242 g/mol. The predicted octanol–water partition coefficient (Wildman–Crippen LogP) is 1.91. The average molecular weight is 261 g/mol. The van der Waals surface area contributed by atoms with Gasteiger partial charge in [-0.3, -0.25) is 9.59 Å². The fraction of sp³-hybridized carbons (Fsp3) is 0.467. The minimum absolute atomic E-state index is 0.335. The van der Waals surface area contributed by atoms with Crippen LogP contribution in [0.3, 0.4) is 0 Å². The maximum Gasteiger partial charge on any atom is 0.319 e. The van der Waals surface area contributed by atoms with Gasteiger partial charge in [0.2, 0.25) is 5.91 Å². The number of carbonyl (C=O) groups excluding carboxylic acids is 1. The van der Waals surface area contributed by atoms with Gasteiger partial charge in [0, 0.05) is 6.54 Å². The molecule has 0 unspecified atom stereocenters. The van der Waals surface area contributed by atoms with Crippen molar-refractivity contribution < 1.29 is 14.7 Å². The Bertz CT molecular complexity index is 475. The number of amides is 1. The Hall–Kier alpha value is -1.84. The lowest BCUT2D eigenvalue weighted by molar-refractivity contribution is -0.162. The Morgan fingerprint density at radius 1 is 1.26 bits per heavy atom. The van der Waals surface area contributed by atoms with Crippen LogP contribution < -0.4 is 5.32 Å². The van der Waals surface area contributed by atoms with Crippen LogP contribution in [0.25, 0.3) is 0 Å². The van der Waals surface area contributed by atoms with Crippen LogP contribution in [0.1, 0.15) is 30.4 Å². The fourth-order valence-corrected chi connectivity index (χ4v) is 2.31. The van der Waals surface area contributed by atoms with Gasteiger partial charge >= 0.3 is 5.97 Å². The van der Waals surface area contributed by atoms with Crippen molar-refractivity contribution in [2.24, 2.45) is 5.41 Å². The highest BCUT2D eigenvalue weighted by Gasteiger charge is 2.50. The number of hydrogen-bond donors (Lipinski definition) is 2. The van der Waals surface area contributed by atoms with E-state index >= 15 is 0 Å². The largest absolute Gasteiger partial charge is 0.480 e. The summed E-state index contributed by atoms with van der Waals surface area (Å²) in [5, 5.41) is 11.9. The third-order valence-corrected chi connectivity index (χ3v) is 3.87. The lowest BCUT2D eigenvalue weighted by atomic mass is 9.68. The monoisotopic (exact) mass is 261 g/mol. The summed E-state index contributed by atoms with van der Waals surface area (Å²) in [5.74, 6) is -1.33. The highest BCUT2D eigenvalue weighted by atomic mass is 16.4. The number of carboxylic acid groups (broad SMARTS) is 1. The Morgan fingerprint density at radius 3 is 2.37 bits per heavy atom. The molecule has 0 aliphatic heterocycles. The summed E-state index contributed by atoms with van der Waals surface area (Å²) in [4.78, 5) is 23.1. The molecule has 2 N–H and O–H groups in total. The zero-order valence-corrected chi connectivity index (χ0v) is 11.1. The summed E-state index contributed by atoms with van der Waals surface area (Å²) in [6.45, 7) is 2.51. The van der Waals surface area contributed by atoms with E-state index in [1.54, 1.807) is 0 Å². The molecule has 1 saturated carbocycles. The zero-order chi connectivity index (χ0) is 13.9. The number of aliphatic carboxylic acids is 1. The molecule has 0 radical (unpaired) electrons. The molecule has 1 aliphatic rings. The zero-order valence-electron chi connectivity index (χ0n) is 11.1. The summed E-state index contributed by atoms with van der Waals surface area (Å²) in [5.41, 5.74) is 1.18. The van der Waals surface area contributed by atoms with Crippen LogP contribution >= 0.6 is 0 Å². The van der Waals surface area contributed by atoms with Crippen molar-refractivity contribution >= 4 is 11.9 Å². The van der Waals surface area contributed by atoms with Crippen molar-refractivity contribution in [1.29, 1.82) is 0 Å². The second kappa shape index (κ2) is 5.43. The Labute approximate surface area is 112 Å². The standard InChI is InChI=1S/C15H19NO3/c1-11-3-5-12(6-4-11)7-10-16-13(17)15(14(18)19)8-2-9-15/h3-6H,2,7-10H2,1H3,(H,16,17)(H,18,19). The van der Waals surface area contributed by atoms with Crippen LogP contribution in [0.15, 0.2) is 24.3 Å². The molecule has 0 aromatic heterocycles. The van der Waals surface area contributed by atoms with E-state index in [1.165, 1.54) is 5.56 Å². The number of carbonyl (C=O) groups is 2. The van der Waals surface area contributed by atoms with Gasteiger partial charge in [0.05, 0.1) is 0 Å². The molecule has 1 amide bonds. The number of nitrogens with one attached hydrogen (secondary N) is 1. The summed E-state index contributed by atoms with van der Waals surface area (Å²) in [7, 11) is 0. The minimum atomic E-state index is -1.16. The van der Waals surface area contributed by atoms with Crippen LogP contribution in [-0.2, 0) is 16.0 Å². The molecule has 0 heterocycles. The highest BCUT2D eigenvalue weighted by Crippen LogP contribution is 2.41. The first-order chi connectivity index (χ1) is 9.04. The number of hydrogen-bond acceptors (Lipinski definition) is 2. The first-order valence-electron chi connectivity index (χ1n) is 6.62. The molecule has 1 aromatic rings. The Kier molecular flexibility index (Phi) is 3.88. The van der Waals surface area contributed by atoms with Gasteiger partial charge in [-0.25, -0.2) is 0 Å².